The van der Waals surface area contributed by atoms with Gasteiger partial charge in [0.1, 0.15) is 11.6 Å². The van der Waals surface area contributed by atoms with Gasteiger partial charge in [0.2, 0.25) is 0 Å². The van der Waals surface area contributed by atoms with Crippen molar-refractivity contribution in [1.29, 1.82) is 0 Å². The number of carbonyl (C=O) groups is 3. The summed E-state index contributed by atoms with van der Waals surface area (Å²) in [5.41, 5.74) is 2.58. The summed E-state index contributed by atoms with van der Waals surface area (Å²) in [7, 11) is 0. The molecule has 0 aliphatic heterocycles. The molecule has 1 unspecified atom stereocenters. The Morgan fingerprint density at radius 3 is 2.17 bits per heavy atom. The van der Waals surface area contributed by atoms with Crippen molar-refractivity contribution in [1.82, 2.24) is 10.6 Å². The molecule has 0 aromatic heterocycles. The van der Waals surface area contributed by atoms with Gasteiger partial charge in [0.15, 0.2) is 6.61 Å². The van der Waals surface area contributed by atoms with E-state index in [1.54, 1.807) is 48.5 Å². The number of esters is 1. The lowest BCUT2D eigenvalue weighted by atomic mass is 9.74. The third-order valence-corrected chi connectivity index (χ3v) is 4.19. The summed E-state index contributed by atoms with van der Waals surface area (Å²) in [5, 5.41) is 5.43. The highest BCUT2D eigenvalue weighted by molar-refractivity contribution is 5.89. The Bertz CT molecular complexity index is 622. The van der Waals surface area contributed by atoms with Crippen molar-refractivity contribution in [2.45, 2.75) is 72.1 Å². The predicted molar refractivity (Wildman–Crippen MR) is 109 cm³/mol. The molecule has 1 atom stereocenters. The van der Waals surface area contributed by atoms with Crippen LogP contribution in [0.3, 0.4) is 0 Å². The highest BCUT2D eigenvalue weighted by atomic mass is 16.5. The number of amides is 2. The molecule has 0 aliphatic rings. The van der Waals surface area contributed by atoms with E-state index in [4.69, 9.17) is 26.4 Å². The van der Waals surface area contributed by atoms with Crippen LogP contribution in [-0.4, -0.2) is 55.1 Å². The first-order valence-corrected chi connectivity index (χ1v) is 9.42. The lowest BCUT2D eigenvalue weighted by Gasteiger charge is -2.40. The van der Waals surface area contributed by atoms with Crippen LogP contribution in [0.4, 0.5) is 4.79 Å². The maximum atomic E-state index is 12.7. The van der Waals surface area contributed by atoms with Gasteiger partial charge < -0.3 is 30.6 Å². The third-order valence-electron chi connectivity index (χ3n) is 4.19. The zero-order valence-electron chi connectivity index (χ0n) is 18.5. The van der Waals surface area contributed by atoms with Gasteiger partial charge in [-0.2, -0.15) is 0 Å². The van der Waals surface area contributed by atoms with Crippen molar-refractivity contribution in [3.05, 3.63) is 0 Å². The average Bonchev–Trinajstić information content (AvgIpc) is 2.55. The van der Waals surface area contributed by atoms with Crippen LogP contribution in [0.2, 0.25) is 0 Å². The number of nitrogens with one attached hydrogen (secondary N) is 2. The monoisotopic (exact) mass is 413 g/mol. The SMILES string of the molecule is C#CCOC(=O)NC(C)(C)CC(C)(C)C(NC(=O)C(C)(C)OCN)C(=O)OCC. The van der Waals surface area contributed by atoms with E-state index >= 15 is 0 Å². The summed E-state index contributed by atoms with van der Waals surface area (Å²) in [6, 6.07) is -0.988. The number of rotatable bonds is 11. The molecule has 2 amide bonds. The van der Waals surface area contributed by atoms with Crippen molar-refractivity contribution in [3.63, 3.8) is 0 Å². The van der Waals surface area contributed by atoms with Gasteiger partial charge in [0, 0.05) is 5.54 Å². The maximum Gasteiger partial charge on any atom is 0.408 e. The third kappa shape index (κ3) is 9.15. The van der Waals surface area contributed by atoms with Crippen LogP contribution in [0.15, 0.2) is 0 Å². The molecule has 4 N–H and O–H groups in total. The second kappa shape index (κ2) is 11.0. The number of nitrogens with two attached hydrogens (primary N) is 1. The highest BCUT2D eigenvalue weighted by Gasteiger charge is 2.43. The van der Waals surface area contributed by atoms with Crippen LogP contribution in [0.5, 0.6) is 0 Å². The maximum absolute atomic E-state index is 12.7. The Labute approximate surface area is 173 Å². The molecular weight excluding hydrogens is 378 g/mol. The summed E-state index contributed by atoms with van der Waals surface area (Å²) in [6.07, 6.45) is 4.73. The van der Waals surface area contributed by atoms with Gasteiger partial charge in [-0.1, -0.05) is 19.8 Å². The Balaban J connectivity index is 5.52. The van der Waals surface area contributed by atoms with Gasteiger partial charge in [-0.15, -0.1) is 6.42 Å². The minimum Gasteiger partial charge on any atom is -0.464 e. The van der Waals surface area contributed by atoms with Gasteiger partial charge in [-0.3, -0.25) is 4.79 Å². The number of hydrogen-bond donors (Lipinski definition) is 3. The van der Waals surface area contributed by atoms with E-state index in [0.29, 0.717) is 6.42 Å². The highest BCUT2D eigenvalue weighted by Crippen LogP contribution is 2.33. The summed E-state index contributed by atoms with van der Waals surface area (Å²) in [4.78, 5) is 37.2. The molecule has 0 fully saturated rings. The Morgan fingerprint density at radius 1 is 1.10 bits per heavy atom. The smallest absolute Gasteiger partial charge is 0.408 e. The summed E-state index contributed by atoms with van der Waals surface area (Å²) >= 11 is 0. The van der Waals surface area contributed by atoms with E-state index < -0.39 is 40.6 Å². The summed E-state index contributed by atoms with van der Waals surface area (Å²) < 4.78 is 15.3. The Kier molecular flexibility index (Phi) is 10.1. The fraction of sp³-hybridized carbons (Fsp3) is 0.750. The zero-order chi connectivity index (χ0) is 22.9. The molecule has 0 spiro atoms. The zero-order valence-corrected chi connectivity index (χ0v) is 18.5. The summed E-state index contributed by atoms with van der Waals surface area (Å²) in [5.74, 6) is 1.12. The van der Waals surface area contributed by atoms with Crippen LogP contribution in [0, 0.1) is 17.8 Å². The van der Waals surface area contributed by atoms with E-state index in [1.807, 2.05) is 0 Å². The van der Waals surface area contributed by atoms with Crippen molar-refractivity contribution in [2.24, 2.45) is 11.1 Å². The van der Waals surface area contributed by atoms with Gasteiger partial charge >= 0.3 is 12.1 Å². The van der Waals surface area contributed by atoms with E-state index in [-0.39, 0.29) is 19.9 Å². The van der Waals surface area contributed by atoms with Crippen molar-refractivity contribution >= 4 is 18.0 Å². The molecule has 0 radical (unpaired) electrons. The minimum absolute atomic E-state index is 0.148. The second-order valence-electron chi connectivity index (χ2n) is 8.43. The van der Waals surface area contributed by atoms with Crippen molar-refractivity contribution in [3.8, 4) is 12.3 Å². The van der Waals surface area contributed by atoms with Crippen LogP contribution in [-0.2, 0) is 23.8 Å². The molecule has 9 heteroatoms. The molecule has 0 rings (SSSR count). The molecule has 0 aromatic carbocycles. The van der Waals surface area contributed by atoms with Gasteiger partial charge in [0.05, 0.1) is 13.3 Å². The van der Waals surface area contributed by atoms with E-state index in [9.17, 15) is 14.4 Å². The predicted octanol–water partition coefficient (Wildman–Crippen LogP) is 1.30. The fourth-order valence-corrected chi connectivity index (χ4v) is 3.08. The molecule has 29 heavy (non-hydrogen) atoms. The fourth-order valence-electron chi connectivity index (χ4n) is 3.08. The molecule has 166 valence electrons. The molecule has 0 saturated carbocycles. The molecule has 9 nitrogen and oxygen atoms in total. The van der Waals surface area contributed by atoms with Gasteiger partial charge in [-0.25, -0.2) is 9.59 Å². The second-order valence-corrected chi connectivity index (χ2v) is 8.43. The van der Waals surface area contributed by atoms with E-state index in [1.165, 1.54) is 0 Å². The molecule has 0 heterocycles. The first kappa shape index (κ1) is 26.7. The standard InChI is InChI=1S/C20H35N3O6/c1-9-11-28-17(26)23-19(5,6)12-18(3,4)14(15(24)27-10-2)22-16(25)20(7,8)29-13-21/h1,14H,10-13,21H2,2-8H3,(H,22,25)(H,23,26). The molecule has 0 saturated heterocycles. The number of ether oxygens (including phenoxy) is 3. The number of hydrogen-bond acceptors (Lipinski definition) is 7. The lowest BCUT2D eigenvalue weighted by molar-refractivity contribution is -0.156. The molecule has 0 aromatic rings. The number of terminal acetylenes is 1. The molecule has 0 aliphatic carbocycles. The largest absolute Gasteiger partial charge is 0.464 e. The van der Waals surface area contributed by atoms with Gasteiger partial charge in [0.25, 0.3) is 5.91 Å². The Morgan fingerprint density at radius 2 is 1.69 bits per heavy atom. The average molecular weight is 414 g/mol. The Hall–Kier alpha value is -2.31. The topological polar surface area (TPSA) is 129 Å². The van der Waals surface area contributed by atoms with Crippen LogP contribution in [0.25, 0.3) is 0 Å². The molecule has 0 bridgehead atoms. The lowest BCUT2D eigenvalue weighted by Crippen LogP contribution is -2.59. The van der Waals surface area contributed by atoms with Crippen LogP contribution < -0.4 is 16.4 Å². The number of alkyl carbamates (subject to hydrolysis) is 1. The normalized spacial score (nSPS) is 13.1. The van der Waals surface area contributed by atoms with E-state index in [0.717, 1.165) is 0 Å². The van der Waals surface area contributed by atoms with Gasteiger partial charge in [-0.05, 0) is 46.5 Å². The quantitative estimate of drug-likeness (QED) is 0.264. The van der Waals surface area contributed by atoms with Crippen molar-refractivity contribution < 1.29 is 28.6 Å². The van der Waals surface area contributed by atoms with Crippen LogP contribution in [0.1, 0.15) is 54.9 Å². The number of carbonyl (C=O) groups excluding carboxylic acids is 3. The minimum atomic E-state index is -1.23. The first-order chi connectivity index (χ1) is 13.2. The molecular formula is C20H35N3O6. The van der Waals surface area contributed by atoms with Crippen molar-refractivity contribution in [2.75, 3.05) is 19.9 Å². The summed E-state index contributed by atoms with van der Waals surface area (Å²) in [6.45, 7) is 11.8. The van der Waals surface area contributed by atoms with E-state index in [2.05, 4.69) is 16.6 Å². The van der Waals surface area contributed by atoms with Crippen LogP contribution >= 0.6 is 0 Å². The first-order valence-electron chi connectivity index (χ1n) is 9.42.